The number of nitrogens with two attached hydrogens (primary N) is 1. The lowest BCUT2D eigenvalue weighted by Gasteiger charge is -2.23. The molecule has 9 heteroatoms. The number of hydrogen-bond donors (Lipinski definition) is 1. The predicted molar refractivity (Wildman–Crippen MR) is 90.3 cm³/mol. The summed E-state index contributed by atoms with van der Waals surface area (Å²) in [5.41, 5.74) is 0.602. The highest BCUT2D eigenvalue weighted by Crippen LogP contribution is 2.19. The van der Waals surface area contributed by atoms with E-state index >= 15 is 0 Å². The zero-order valence-corrected chi connectivity index (χ0v) is 15.4. The van der Waals surface area contributed by atoms with Crippen molar-refractivity contribution >= 4 is 28.1 Å². The van der Waals surface area contributed by atoms with Crippen molar-refractivity contribution in [3.05, 3.63) is 42.0 Å². The van der Waals surface area contributed by atoms with E-state index in [1.165, 1.54) is 6.08 Å². The molecule has 140 valence electrons. The summed E-state index contributed by atoms with van der Waals surface area (Å²) in [6, 6.07) is 8.49. The summed E-state index contributed by atoms with van der Waals surface area (Å²) in [5.74, 6) is -4.19. The van der Waals surface area contributed by atoms with Gasteiger partial charge in [0.15, 0.2) is 5.92 Å². The number of carbonyl (C=O) groups excluding carboxylic acids is 2. The Morgan fingerprint density at radius 2 is 1.52 bits per heavy atom. The van der Waals surface area contributed by atoms with E-state index in [4.69, 9.17) is 0 Å². The van der Waals surface area contributed by atoms with E-state index in [1.807, 2.05) is 19.4 Å². The number of benzene rings is 1. The smallest absolute Gasteiger partial charge is 0.321 e. The Balaban J connectivity index is 0.00000178. The van der Waals surface area contributed by atoms with E-state index in [0.717, 1.165) is 20.3 Å². The third kappa shape index (κ3) is 7.92. The third-order valence-corrected chi connectivity index (χ3v) is 3.95. The maximum Gasteiger partial charge on any atom is 0.321 e. The van der Waals surface area contributed by atoms with Crippen LogP contribution < -0.4 is 5.32 Å². The van der Waals surface area contributed by atoms with E-state index in [-0.39, 0.29) is 0 Å². The topological polar surface area (TPSA) is 126 Å². The van der Waals surface area contributed by atoms with Crippen molar-refractivity contribution in [2.75, 3.05) is 28.3 Å². The molecule has 0 aliphatic rings. The molecule has 2 N–H and O–H groups in total. The van der Waals surface area contributed by atoms with E-state index < -0.39 is 33.2 Å². The first-order chi connectivity index (χ1) is 11.7. The molecule has 0 saturated heterocycles. The lowest BCUT2D eigenvalue weighted by molar-refractivity contribution is -0.597. The molecule has 0 bridgehead atoms. The van der Waals surface area contributed by atoms with Gasteiger partial charge in [-0.1, -0.05) is 42.5 Å². The molecule has 0 saturated carbocycles. The molecule has 0 aliphatic heterocycles. The van der Waals surface area contributed by atoms with Gasteiger partial charge in [-0.3, -0.25) is 9.59 Å². The zero-order valence-electron chi connectivity index (χ0n) is 14.5. The number of quaternary nitrogens is 1. The van der Waals surface area contributed by atoms with Gasteiger partial charge >= 0.3 is 11.9 Å². The average Bonchev–Trinajstić information content (AvgIpc) is 2.58. The maximum absolute atomic E-state index is 11.7. The van der Waals surface area contributed by atoms with Crippen molar-refractivity contribution in [1.29, 1.82) is 0 Å². The second-order valence-electron chi connectivity index (χ2n) is 4.83. The van der Waals surface area contributed by atoms with Crippen LogP contribution in [0.3, 0.4) is 0 Å². The molecular weight excluding hydrogens is 350 g/mol. The number of carbonyl (C=O) groups is 2. The first-order valence-electron chi connectivity index (χ1n) is 7.30. The molecule has 1 rings (SSSR count). The lowest BCUT2D eigenvalue weighted by Crippen LogP contribution is -2.74. The fourth-order valence-corrected chi connectivity index (χ4v) is 2.59. The molecule has 0 amide bonds. The minimum absolute atomic E-state index is 0.602. The fraction of sp³-hybridized carbons (Fsp3) is 0.375. The van der Waals surface area contributed by atoms with Crippen LogP contribution in [0.1, 0.15) is 5.56 Å². The second-order valence-corrected chi connectivity index (χ2v) is 6.36. The summed E-state index contributed by atoms with van der Waals surface area (Å²) in [6.07, 6.45) is 2.31. The summed E-state index contributed by atoms with van der Waals surface area (Å²) in [7, 11) is 0.977. The quantitative estimate of drug-likeness (QED) is 0.400. The van der Waals surface area contributed by atoms with Crippen LogP contribution in [0.15, 0.2) is 36.4 Å². The summed E-state index contributed by atoms with van der Waals surface area (Å²) in [5, 5.41) is 0.0765. The van der Waals surface area contributed by atoms with Crippen molar-refractivity contribution in [3.8, 4) is 0 Å². The summed E-state index contributed by atoms with van der Waals surface area (Å²) >= 11 is 0. The van der Waals surface area contributed by atoms with Gasteiger partial charge in [-0.25, -0.2) is 8.42 Å². The molecule has 25 heavy (non-hydrogen) atoms. The highest BCUT2D eigenvalue weighted by molar-refractivity contribution is 7.86. The molecule has 0 spiro atoms. The summed E-state index contributed by atoms with van der Waals surface area (Å²) in [6.45, 7) is 0. The first kappa shape index (κ1) is 22.8. The van der Waals surface area contributed by atoms with Crippen LogP contribution >= 0.6 is 0 Å². The van der Waals surface area contributed by atoms with E-state index in [2.05, 4.69) is 9.47 Å². The summed E-state index contributed by atoms with van der Waals surface area (Å²) < 4.78 is 43.0. The average molecular weight is 373 g/mol. The Morgan fingerprint density at radius 3 is 1.88 bits per heavy atom. The molecule has 1 aromatic rings. The minimum atomic E-state index is -4.98. The van der Waals surface area contributed by atoms with Crippen LogP contribution in [0.5, 0.6) is 0 Å². The van der Waals surface area contributed by atoms with Crippen LogP contribution in [0, 0.1) is 5.92 Å². The molecule has 0 fully saturated rings. The van der Waals surface area contributed by atoms with E-state index in [1.54, 1.807) is 30.3 Å². The van der Waals surface area contributed by atoms with Gasteiger partial charge in [-0.15, -0.1) is 0 Å². The van der Waals surface area contributed by atoms with Gasteiger partial charge < -0.3 is 19.3 Å². The van der Waals surface area contributed by atoms with Crippen LogP contribution in [0.25, 0.3) is 6.08 Å². The standard InChI is InChI=1S/C14H16O7S.C2H7N/c1-20-13(15)12(14(16)21-2)11(22(17,18)19)9-8-10-6-4-3-5-7-10;1-3-2/h3-9,11-12H,1-2H3,(H,17,18,19);3H,1-2H3/b9-8+;. The van der Waals surface area contributed by atoms with Crippen molar-refractivity contribution in [3.63, 3.8) is 0 Å². The molecule has 0 radical (unpaired) electrons. The lowest BCUT2D eigenvalue weighted by atomic mass is 10.0. The van der Waals surface area contributed by atoms with Crippen molar-refractivity contribution in [1.82, 2.24) is 0 Å². The van der Waals surface area contributed by atoms with Crippen LogP contribution in [-0.4, -0.2) is 58.5 Å². The molecular formula is C16H23NO7S. The molecule has 1 unspecified atom stereocenters. The van der Waals surface area contributed by atoms with Crippen molar-refractivity contribution in [2.45, 2.75) is 5.25 Å². The Morgan fingerprint density at radius 1 is 1.08 bits per heavy atom. The zero-order chi connectivity index (χ0) is 19.5. The Bertz CT molecular complexity index is 655. The van der Waals surface area contributed by atoms with Crippen LogP contribution in [0.2, 0.25) is 0 Å². The Kier molecular flexibility index (Phi) is 10.3. The van der Waals surface area contributed by atoms with Crippen LogP contribution in [-0.2, 0) is 29.2 Å². The van der Waals surface area contributed by atoms with Gasteiger partial charge in [-0.05, 0) is 5.56 Å². The van der Waals surface area contributed by atoms with E-state index in [9.17, 15) is 22.6 Å². The van der Waals surface area contributed by atoms with Crippen LogP contribution in [0.4, 0.5) is 0 Å². The molecule has 1 aromatic carbocycles. The minimum Gasteiger partial charge on any atom is -0.747 e. The molecule has 8 nitrogen and oxygen atoms in total. The molecule has 0 aromatic heterocycles. The number of rotatable bonds is 6. The SMILES string of the molecule is COC(=O)C(C(=O)OC)C(/C=C/c1ccccc1)S(=O)(=O)[O-].C[NH2+]C. The molecule has 0 aliphatic carbocycles. The van der Waals surface area contributed by atoms with Gasteiger partial charge in [-0.2, -0.15) is 0 Å². The second kappa shape index (κ2) is 11.3. The highest BCUT2D eigenvalue weighted by Gasteiger charge is 2.39. The normalized spacial score (nSPS) is 12.2. The fourth-order valence-electron chi connectivity index (χ4n) is 1.76. The largest absolute Gasteiger partial charge is 0.747 e. The maximum atomic E-state index is 11.7. The van der Waals surface area contributed by atoms with Gasteiger partial charge in [0.25, 0.3) is 0 Å². The van der Waals surface area contributed by atoms with Gasteiger partial charge in [0, 0.05) is 0 Å². The van der Waals surface area contributed by atoms with Crippen molar-refractivity contribution < 1.29 is 37.4 Å². The third-order valence-electron chi connectivity index (χ3n) is 2.85. The van der Waals surface area contributed by atoms with Gasteiger partial charge in [0.05, 0.1) is 33.6 Å². The Labute approximate surface area is 147 Å². The Hall–Kier alpha value is -2.23. The highest BCUT2D eigenvalue weighted by atomic mass is 32.2. The predicted octanol–water partition coefficient (Wildman–Crippen LogP) is -0.615. The first-order valence-corrected chi connectivity index (χ1v) is 8.77. The monoisotopic (exact) mass is 373 g/mol. The number of hydrogen-bond acceptors (Lipinski definition) is 7. The number of methoxy groups -OCH3 is 2. The number of esters is 2. The van der Waals surface area contributed by atoms with Crippen molar-refractivity contribution in [2.24, 2.45) is 5.92 Å². The van der Waals surface area contributed by atoms with Gasteiger partial charge in [0.1, 0.15) is 10.1 Å². The van der Waals surface area contributed by atoms with Gasteiger partial charge in [0.2, 0.25) is 0 Å². The van der Waals surface area contributed by atoms with E-state index in [0.29, 0.717) is 5.56 Å². The molecule has 0 heterocycles. The summed E-state index contributed by atoms with van der Waals surface area (Å²) in [4.78, 5) is 23.3. The number of ether oxygens (including phenoxy) is 2. The molecule has 1 atom stereocenters.